The Balaban J connectivity index is 1.43. The van der Waals surface area contributed by atoms with Crippen LogP contribution in [0.4, 0.5) is 0 Å². The highest BCUT2D eigenvalue weighted by molar-refractivity contribution is 5.95. The van der Waals surface area contributed by atoms with Gasteiger partial charge in [0.15, 0.2) is 5.78 Å². The van der Waals surface area contributed by atoms with Gasteiger partial charge in [-0.1, -0.05) is 0 Å². The highest BCUT2D eigenvalue weighted by Gasteiger charge is 2.12. The molecule has 0 fully saturated rings. The molecule has 5 aromatic rings. The van der Waals surface area contributed by atoms with E-state index < -0.39 is 0 Å². The van der Waals surface area contributed by atoms with Gasteiger partial charge in [-0.2, -0.15) is 0 Å². The molecular weight excluding hydrogens is 418 g/mol. The predicted octanol–water partition coefficient (Wildman–Crippen LogP) is 3.87. The minimum Gasteiger partial charge on any atom is -0.457 e. The summed E-state index contributed by atoms with van der Waals surface area (Å²) in [7, 11) is 1.95. The van der Waals surface area contributed by atoms with Gasteiger partial charge in [0.25, 0.3) is 5.56 Å². The van der Waals surface area contributed by atoms with E-state index in [1.165, 1.54) is 10.9 Å². The van der Waals surface area contributed by atoms with Crippen molar-refractivity contribution < 1.29 is 9.53 Å². The quantitative estimate of drug-likeness (QED) is 0.375. The molecule has 0 spiro atoms. The van der Waals surface area contributed by atoms with Gasteiger partial charge in [0, 0.05) is 55.2 Å². The number of carbonyl (C=O) groups is 1. The van der Waals surface area contributed by atoms with Crippen LogP contribution in [0, 0.1) is 0 Å². The maximum Gasteiger partial charge on any atom is 0.261 e. The highest BCUT2D eigenvalue weighted by atomic mass is 16.5. The molecule has 1 aromatic carbocycles. The largest absolute Gasteiger partial charge is 0.457 e. The molecule has 0 aliphatic heterocycles. The number of aryl methyl sites for hydroxylation is 1. The second-order valence-electron chi connectivity index (χ2n) is 7.56. The Labute approximate surface area is 188 Å². The Hall–Kier alpha value is -4.59. The topological polar surface area (TPSA) is 91.9 Å². The van der Waals surface area contributed by atoms with Gasteiger partial charge in [-0.15, -0.1) is 0 Å². The fraction of sp³-hybridized carbons (Fsp3) is 0.0800. The van der Waals surface area contributed by atoms with Gasteiger partial charge in [-0.05, 0) is 42.5 Å². The van der Waals surface area contributed by atoms with Crippen molar-refractivity contribution in [3.8, 4) is 22.8 Å². The molecule has 0 amide bonds. The monoisotopic (exact) mass is 437 g/mol. The SMILES string of the molecule is Cn1ccc(-c2cc(Oc3ccc4ncn(CC(=O)c5ccncc5)c(=O)c4c3)ccn2)c1. The molecule has 4 heterocycles. The predicted molar refractivity (Wildman–Crippen MR) is 123 cm³/mol. The molecule has 0 aliphatic carbocycles. The summed E-state index contributed by atoms with van der Waals surface area (Å²) in [5.41, 5.74) is 2.47. The van der Waals surface area contributed by atoms with Crippen LogP contribution in [-0.2, 0) is 13.6 Å². The Morgan fingerprint density at radius 3 is 2.58 bits per heavy atom. The molecule has 0 N–H and O–H groups in total. The molecular formula is C25H19N5O3. The van der Waals surface area contributed by atoms with Crippen molar-refractivity contribution in [3.63, 3.8) is 0 Å². The van der Waals surface area contributed by atoms with E-state index in [2.05, 4.69) is 15.0 Å². The van der Waals surface area contributed by atoms with Gasteiger partial charge >= 0.3 is 0 Å². The number of nitrogens with zero attached hydrogens (tertiary/aromatic N) is 5. The summed E-state index contributed by atoms with van der Waals surface area (Å²) < 4.78 is 9.25. The van der Waals surface area contributed by atoms with E-state index in [0.29, 0.717) is 28.0 Å². The Morgan fingerprint density at radius 1 is 0.970 bits per heavy atom. The molecule has 0 saturated carbocycles. The standard InChI is InChI=1S/C25H19N5O3/c1-29-11-7-18(14-29)23-13-20(6-10-27-23)33-19-2-3-22-21(12-19)25(32)30(16-28-22)15-24(31)17-4-8-26-9-5-17/h2-14,16H,15H2,1H3. The number of rotatable bonds is 6. The molecule has 0 aliphatic rings. The molecule has 8 heteroatoms. The lowest BCUT2D eigenvalue weighted by atomic mass is 10.2. The van der Waals surface area contributed by atoms with E-state index >= 15 is 0 Å². The fourth-order valence-electron chi connectivity index (χ4n) is 3.52. The lowest BCUT2D eigenvalue weighted by Crippen LogP contribution is -2.24. The zero-order valence-corrected chi connectivity index (χ0v) is 17.8. The first-order chi connectivity index (χ1) is 16.1. The third-order valence-corrected chi connectivity index (χ3v) is 5.21. The number of hydrogen-bond acceptors (Lipinski definition) is 6. The summed E-state index contributed by atoms with van der Waals surface area (Å²) in [6.45, 7) is -0.109. The van der Waals surface area contributed by atoms with Crippen LogP contribution in [0.3, 0.4) is 0 Å². The number of fused-ring (bicyclic) bond motifs is 1. The molecule has 0 unspecified atom stereocenters. The second-order valence-corrected chi connectivity index (χ2v) is 7.56. The zero-order valence-electron chi connectivity index (χ0n) is 17.8. The first kappa shape index (κ1) is 20.3. The number of carbonyl (C=O) groups excluding carboxylic acids is 1. The Bertz CT molecular complexity index is 1520. The highest BCUT2D eigenvalue weighted by Crippen LogP contribution is 2.27. The molecule has 33 heavy (non-hydrogen) atoms. The van der Waals surface area contributed by atoms with Crippen LogP contribution in [0.1, 0.15) is 10.4 Å². The smallest absolute Gasteiger partial charge is 0.261 e. The van der Waals surface area contributed by atoms with Gasteiger partial charge in [0.2, 0.25) is 0 Å². The number of ketones is 1. The first-order valence-electron chi connectivity index (χ1n) is 10.3. The second kappa shape index (κ2) is 8.51. The molecule has 8 nitrogen and oxygen atoms in total. The summed E-state index contributed by atoms with van der Waals surface area (Å²) in [6.07, 6.45) is 10.1. The van der Waals surface area contributed by atoms with Crippen molar-refractivity contribution in [1.82, 2.24) is 24.1 Å². The third kappa shape index (κ3) is 4.27. The summed E-state index contributed by atoms with van der Waals surface area (Å²) in [6, 6.07) is 13.9. The van der Waals surface area contributed by atoms with Crippen molar-refractivity contribution in [2.75, 3.05) is 0 Å². The summed E-state index contributed by atoms with van der Waals surface area (Å²) in [5.74, 6) is 0.892. The Morgan fingerprint density at radius 2 is 1.79 bits per heavy atom. The molecule has 0 radical (unpaired) electrons. The van der Waals surface area contributed by atoms with Crippen LogP contribution >= 0.6 is 0 Å². The number of benzene rings is 1. The van der Waals surface area contributed by atoms with Gasteiger partial charge in [-0.25, -0.2) is 4.98 Å². The average molecular weight is 437 g/mol. The van der Waals surface area contributed by atoms with E-state index in [9.17, 15) is 9.59 Å². The maximum atomic E-state index is 13.0. The normalized spacial score (nSPS) is 10.9. The van der Waals surface area contributed by atoms with E-state index in [4.69, 9.17) is 4.74 Å². The van der Waals surface area contributed by atoms with E-state index in [-0.39, 0.29) is 17.9 Å². The van der Waals surface area contributed by atoms with Crippen LogP contribution < -0.4 is 10.3 Å². The third-order valence-electron chi connectivity index (χ3n) is 5.21. The number of ether oxygens (including phenoxy) is 1. The van der Waals surface area contributed by atoms with Crippen molar-refractivity contribution in [2.24, 2.45) is 7.05 Å². The lowest BCUT2D eigenvalue weighted by Gasteiger charge is -2.09. The number of aromatic nitrogens is 5. The van der Waals surface area contributed by atoms with Crippen molar-refractivity contribution >= 4 is 16.7 Å². The summed E-state index contributed by atoms with van der Waals surface area (Å²) in [4.78, 5) is 38.2. The van der Waals surface area contributed by atoms with Gasteiger partial charge in [0.1, 0.15) is 11.5 Å². The van der Waals surface area contributed by atoms with Crippen molar-refractivity contribution in [2.45, 2.75) is 6.54 Å². The molecule has 0 bridgehead atoms. The fourth-order valence-corrected chi connectivity index (χ4v) is 3.52. The van der Waals surface area contributed by atoms with Crippen molar-refractivity contribution in [3.05, 3.63) is 102 Å². The molecule has 0 saturated heterocycles. The van der Waals surface area contributed by atoms with Crippen LogP contribution in [-0.4, -0.2) is 29.9 Å². The van der Waals surface area contributed by atoms with Crippen molar-refractivity contribution in [1.29, 1.82) is 0 Å². The molecule has 0 atom stereocenters. The number of Topliss-reactive ketones (excluding diaryl/α,β-unsaturated/α-hetero) is 1. The minimum absolute atomic E-state index is 0.109. The van der Waals surface area contributed by atoms with E-state index in [1.807, 2.05) is 36.1 Å². The molecule has 162 valence electrons. The van der Waals surface area contributed by atoms with Crippen LogP contribution in [0.5, 0.6) is 11.5 Å². The maximum absolute atomic E-state index is 13.0. The summed E-state index contributed by atoms with van der Waals surface area (Å²) in [5, 5.41) is 0.370. The first-order valence-corrected chi connectivity index (χ1v) is 10.3. The van der Waals surface area contributed by atoms with Gasteiger partial charge in [0.05, 0.1) is 29.5 Å². The van der Waals surface area contributed by atoms with E-state index in [0.717, 1.165) is 11.3 Å². The zero-order chi connectivity index (χ0) is 22.8. The van der Waals surface area contributed by atoms with E-state index in [1.54, 1.807) is 55.0 Å². The minimum atomic E-state index is -0.312. The lowest BCUT2D eigenvalue weighted by molar-refractivity contribution is 0.0970. The number of pyridine rings is 2. The van der Waals surface area contributed by atoms with Gasteiger partial charge < -0.3 is 9.30 Å². The molecule has 5 rings (SSSR count). The van der Waals surface area contributed by atoms with Crippen LogP contribution in [0.2, 0.25) is 0 Å². The molecule has 4 aromatic heterocycles. The van der Waals surface area contributed by atoms with Crippen LogP contribution in [0.15, 0.2) is 90.6 Å². The Kier molecular flexibility index (Phi) is 5.24. The average Bonchev–Trinajstić information content (AvgIpc) is 3.28. The summed E-state index contributed by atoms with van der Waals surface area (Å²) >= 11 is 0. The van der Waals surface area contributed by atoms with Gasteiger partial charge in [-0.3, -0.25) is 24.1 Å². The van der Waals surface area contributed by atoms with Crippen LogP contribution in [0.25, 0.3) is 22.2 Å². The number of hydrogen-bond donors (Lipinski definition) is 0.